The number of hydrogen-bond acceptors (Lipinski definition) is 6. The first-order valence-electron chi connectivity index (χ1n) is 2.71. The summed E-state index contributed by atoms with van der Waals surface area (Å²) in [6, 6.07) is 0. The molecule has 0 aromatic heterocycles. The summed E-state index contributed by atoms with van der Waals surface area (Å²) in [6.45, 7) is -1.05. The van der Waals surface area contributed by atoms with Gasteiger partial charge in [0.1, 0.15) is 0 Å². The summed E-state index contributed by atoms with van der Waals surface area (Å²) in [5.41, 5.74) is 0. The molecule has 6 nitrogen and oxygen atoms in total. The third-order valence-corrected chi connectivity index (χ3v) is 1.90. The molecule has 7 heteroatoms. The highest BCUT2D eigenvalue weighted by atomic mass is 32.2. The fourth-order valence-corrected chi connectivity index (χ4v) is 1.00. The van der Waals surface area contributed by atoms with E-state index in [1.54, 1.807) is 0 Å². The molecule has 0 aromatic rings. The van der Waals surface area contributed by atoms with E-state index in [2.05, 4.69) is 4.18 Å². The minimum atomic E-state index is -3.60. The van der Waals surface area contributed by atoms with Gasteiger partial charge in [-0.05, 0) is 0 Å². The molecular formula is C4H13NO5S. The Morgan fingerprint density at radius 1 is 1.18 bits per heavy atom. The molecule has 0 unspecified atom stereocenters. The largest absolute Gasteiger partial charge is 0.395 e. The van der Waals surface area contributed by atoms with Gasteiger partial charge in [-0.1, -0.05) is 0 Å². The van der Waals surface area contributed by atoms with E-state index in [0.717, 1.165) is 0 Å². The molecule has 70 valence electrons. The second-order valence-electron chi connectivity index (χ2n) is 1.53. The van der Waals surface area contributed by atoms with Gasteiger partial charge < -0.3 is 16.4 Å². The van der Waals surface area contributed by atoms with Crippen LogP contribution in [0.25, 0.3) is 0 Å². The number of aliphatic hydroxyl groups is 2. The maximum absolute atomic E-state index is 10.5. The average Bonchev–Trinajstić information content (AvgIpc) is 1.84. The predicted molar refractivity (Wildman–Crippen MR) is 38.9 cm³/mol. The predicted octanol–water partition coefficient (Wildman–Crippen LogP) is -1.52. The van der Waals surface area contributed by atoms with Gasteiger partial charge in [0, 0.05) is 0 Å². The highest BCUT2D eigenvalue weighted by Crippen LogP contribution is 1.90. The Hall–Kier alpha value is -0.210. The third-order valence-electron chi connectivity index (χ3n) is 0.695. The fourth-order valence-electron chi connectivity index (χ4n) is 0.335. The first kappa shape index (κ1) is 13.4. The second kappa shape index (κ2) is 6.50. The van der Waals surface area contributed by atoms with Gasteiger partial charge >= 0.3 is 0 Å². The van der Waals surface area contributed by atoms with Crippen molar-refractivity contribution >= 4 is 10.1 Å². The molecule has 5 N–H and O–H groups in total. The summed E-state index contributed by atoms with van der Waals surface area (Å²) in [5, 5.41) is 16.3. The minimum absolute atomic E-state index is 0. The maximum Gasteiger partial charge on any atom is 0.269 e. The van der Waals surface area contributed by atoms with Gasteiger partial charge in [0.15, 0.2) is 0 Å². The molecule has 0 fully saturated rings. The Labute approximate surface area is 65.5 Å². The quantitative estimate of drug-likeness (QED) is 0.450. The lowest BCUT2D eigenvalue weighted by atomic mass is 10.8. The summed E-state index contributed by atoms with van der Waals surface area (Å²) in [6.07, 6.45) is 0. The van der Waals surface area contributed by atoms with Crippen molar-refractivity contribution in [3.8, 4) is 0 Å². The molecule has 0 spiro atoms. The summed E-state index contributed by atoms with van der Waals surface area (Å²) >= 11 is 0. The lowest BCUT2D eigenvalue weighted by Crippen LogP contribution is -2.15. The Kier molecular flexibility index (Phi) is 7.91. The first-order chi connectivity index (χ1) is 4.62. The van der Waals surface area contributed by atoms with Crippen molar-refractivity contribution < 1.29 is 22.8 Å². The van der Waals surface area contributed by atoms with Crippen molar-refractivity contribution in [2.75, 3.05) is 25.6 Å². The van der Waals surface area contributed by atoms with Crippen LogP contribution < -0.4 is 6.15 Å². The first-order valence-corrected chi connectivity index (χ1v) is 4.29. The molecule has 0 saturated heterocycles. The Morgan fingerprint density at radius 2 is 1.73 bits per heavy atom. The third kappa shape index (κ3) is 7.69. The molecule has 0 atom stereocenters. The summed E-state index contributed by atoms with van der Waals surface area (Å²) < 4.78 is 25.2. The zero-order valence-electron chi connectivity index (χ0n) is 6.06. The van der Waals surface area contributed by atoms with Crippen molar-refractivity contribution in [3.63, 3.8) is 0 Å². The molecule has 0 bridgehead atoms. The molecular weight excluding hydrogens is 174 g/mol. The standard InChI is InChI=1S/C4H10O5S.H3N/c5-1-3-9-10(7,8)4-2-6;/h5-6H,1-4H2;1H3. The lowest BCUT2D eigenvalue weighted by molar-refractivity contribution is 0.203. The van der Waals surface area contributed by atoms with Gasteiger partial charge in [-0.25, -0.2) is 0 Å². The van der Waals surface area contributed by atoms with E-state index in [1.165, 1.54) is 0 Å². The van der Waals surface area contributed by atoms with Crippen LogP contribution in [-0.2, 0) is 14.3 Å². The van der Waals surface area contributed by atoms with Crippen LogP contribution in [0.15, 0.2) is 0 Å². The fraction of sp³-hybridized carbons (Fsp3) is 1.00. The van der Waals surface area contributed by atoms with Crippen molar-refractivity contribution in [1.82, 2.24) is 6.15 Å². The molecule has 0 amide bonds. The van der Waals surface area contributed by atoms with Crippen LogP contribution in [0.4, 0.5) is 0 Å². The maximum atomic E-state index is 10.5. The number of rotatable bonds is 5. The Balaban J connectivity index is 0. The molecule has 0 heterocycles. The molecule has 0 aliphatic carbocycles. The summed E-state index contributed by atoms with van der Waals surface area (Å²) in [4.78, 5) is 0. The van der Waals surface area contributed by atoms with Gasteiger partial charge in [0.25, 0.3) is 10.1 Å². The smallest absolute Gasteiger partial charge is 0.269 e. The van der Waals surface area contributed by atoms with Crippen molar-refractivity contribution in [3.05, 3.63) is 0 Å². The average molecular weight is 187 g/mol. The second-order valence-corrected chi connectivity index (χ2v) is 3.29. The van der Waals surface area contributed by atoms with E-state index in [1.807, 2.05) is 0 Å². The Morgan fingerprint density at radius 3 is 2.09 bits per heavy atom. The minimum Gasteiger partial charge on any atom is -0.395 e. The SMILES string of the molecule is N.O=S(=O)(CCO)OCCO. The van der Waals surface area contributed by atoms with E-state index in [-0.39, 0.29) is 19.4 Å². The van der Waals surface area contributed by atoms with Crippen LogP contribution in [-0.4, -0.2) is 44.2 Å². The molecule has 0 aliphatic rings. The Bertz CT molecular complexity index is 165. The van der Waals surface area contributed by atoms with Gasteiger partial charge in [0.05, 0.1) is 25.6 Å². The van der Waals surface area contributed by atoms with Crippen LogP contribution >= 0.6 is 0 Å². The van der Waals surface area contributed by atoms with Gasteiger partial charge in [0.2, 0.25) is 0 Å². The van der Waals surface area contributed by atoms with E-state index >= 15 is 0 Å². The van der Waals surface area contributed by atoms with E-state index in [9.17, 15) is 8.42 Å². The normalized spacial score (nSPS) is 10.7. The molecule has 0 radical (unpaired) electrons. The zero-order valence-corrected chi connectivity index (χ0v) is 6.88. The molecule has 0 aliphatic heterocycles. The monoisotopic (exact) mass is 187 g/mol. The topological polar surface area (TPSA) is 119 Å². The van der Waals surface area contributed by atoms with Crippen LogP contribution in [0.5, 0.6) is 0 Å². The highest BCUT2D eigenvalue weighted by molar-refractivity contribution is 7.86. The lowest BCUT2D eigenvalue weighted by Gasteiger charge is -1.99. The van der Waals surface area contributed by atoms with Crippen LogP contribution in [0.3, 0.4) is 0 Å². The number of aliphatic hydroxyl groups excluding tert-OH is 2. The highest BCUT2D eigenvalue weighted by Gasteiger charge is 2.08. The molecule has 11 heavy (non-hydrogen) atoms. The van der Waals surface area contributed by atoms with Gasteiger partial charge in [-0.15, -0.1) is 0 Å². The van der Waals surface area contributed by atoms with E-state index < -0.39 is 22.5 Å². The number of hydrogen-bond donors (Lipinski definition) is 3. The summed E-state index contributed by atoms with van der Waals surface area (Å²) in [7, 11) is -3.60. The molecule has 0 saturated carbocycles. The van der Waals surface area contributed by atoms with Crippen LogP contribution in [0.2, 0.25) is 0 Å². The zero-order chi connectivity index (χ0) is 8.04. The van der Waals surface area contributed by atoms with Crippen LogP contribution in [0.1, 0.15) is 0 Å². The molecule has 0 rings (SSSR count). The van der Waals surface area contributed by atoms with Crippen molar-refractivity contribution in [2.45, 2.75) is 0 Å². The van der Waals surface area contributed by atoms with Gasteiger partial charge in [-0.2, -0.15) is 8.42 Å². The van der Waals surface area contributed by atoms with Crippen molar-refractivity contribution in [2.24, 2.45) is 0 Å². The van der Waals surface area contributed by atoms with Crippen LogP contribution in [0, 0.1) is 0 Å². The van der Waals surface area contributed by atoms with E-state index in [4.69, 9.17) is 10.2 Å². The molecule has 0 aromatic carbocycles. The van der Waals surface area contributed by atoms with Crippen molar-refractivity contribution in [1.29, 1.82) is 0 Å². The van der Waals surface area contributed by atoms with E-state index in [0.29, 0.717) is 0 Å². The van der Waals surface area contributed by atoms with Gasteiger partial charge in [-0.3, -0.25) is 4.18 Å². The summed E-state index contributed by atoms with van der Waals surface area (Å²) in [5.74, 6) is -0.424.